The third-order valence-corrected chi connectivity index (χ3v) is 5.81. The monoisotopic (exact) mass is 477 g/mol. The first kappa shape index (κ1) is 24.3. The van der Waals surface area contributed by atoms with Crippen LogP contribution in [0.2, 0.25) is 0 Å². The van der Waals surface area contributed by atoms with E-state index >= 15 is 0 Å². The van der Waals surface area contributed by atoms with Gasteiger partial charge in [0.05, 0.1) is 18.2 Å². The number of carbonyl (C=O) groups is 2. The SMILES string of the molecule is CN/C=C\c1c(Nc2cc(C(=O)NCC3CNCCO3)ccc2C)nc2ccc(F)cc2c1C=O. The van der Waals surface area contributed by atoms with E-state index in [1.807, 2.05) is 13.0 Å². The summed E-state index contributed by atoms with van der Waals surface area (Å²) in [6.07, 6.45) is 4.00. The van der Waals surface area contributed by atoms with Gasteiger partial charge in [-0.1, -0.05) is 6.07 Å². The number of pyridine rings is 1. The van der Waals surface area contributed by atoms with Crippen LogP contribution in [0.3, 0.4) is 0 Å². The zero-order chi connectivity index (χ0) is 24.8. The van der Waals surface area contributed by atoms with Gasteiger partial charge in [0.2, 0.25) is 0 Å². The van der Waals surface area contributed by atoms with Crippen LogP contribution in [0.25, 0.3) is 17.0 Å². The molecule has 1 saturated heterocycles. The number of amides is 1. The van der Waals surface area contributed by atoms with Crippen LogP contribution >= 0.6 is 0 Å². The number of fused-ring (bicyclic) bond motifs is 1. The number of hydrogen-bond donors (Lipinski definition) is 4. The van der Waals surface area contributed by atoms with Crippen molar-refractivity contribution in [3.05, 3.63) is 70.7 Å². The average Bonchev–Trinajstić information content (AvgIpc) is 2.87. The third kappa shape index (κ3) is 5.64. The minimum atomic E-state index is -0.448. The van der Waals surface area contributed by atoms with E-state index in [9.17, 15) is 14.0 Å². The van der Waals surface area contributed by atoms with Crippen molar-refractivity contribution in [2.75, 3.05) is 38.6 Å². The fourth-order valence-electron chi connectivity index (χ4n) is 3.92. The van der Waals surface area contributed by atoms with Gasteiger partial charge in [0.1, 0.15) is 11.6 Å². The molecule has 9 heteroatoms. The van der Waals surface area contributed by atoms with Crippen molar-refractivity contribution in [1.82, 2.24) is 20.9 Å². The van der Waals surface area contributed by atoms with Gasteiger partial charge < -0.3 is 26.0 Å². The number of aldehydes is 1. The first-order chi connectivity index (χ1) is 17.0. The van der Waals surface area contributed by atoms with Crippen molar-refractivity contribution in [2.45, 2.75) is 13.0 Å². The summed E-state index contributed by atoms with van der Waals surface area (Å²) in [4.78, 5) is 29.5. The van der Waals surface area contributed by atoms with E-state index in [0.717, 1.165) is 12.1 Å². The lowest BCUT2D eigenvalue weighted by molar-refractivity contribution is 0.0287. The van der Waals surface area contributed by atoms with Crippen molar-refractivity contribution in [2.24, 2.45) is 0 Å². The van der Waals surface area contributed by atoms with E-state index in [-0.39, 0.29) is 12.0 Å². The Labute approximate surface area is 203 Å². The second kappa shape index (κ2) is 11.1. The molecule has 35 heavy (non-hydrogen) atoms. The van der Waals surface area contributed by atoms with Gasteiger partial charge in [-0.25, -0.2) is 9.37 Å². The summed E-state index contributed by atoms with van der Waals surface area (Å²) in [5.41, 5.74) is 3.33. The molecule has 4 N–H and O–H groups in total. The Morgan fingerprint density at radius 3 is 2.86 bits per heavy atom. The van der Waals surface area contributed by atoms with Crippen LogP contribution in [0.5, 0.6) is 0 Å². The number of nitrogens with one attached hydrogen (secondary N) is 4. The predicted octanol–water partition coefficient (Wildman–Crippen LogP) is 3.15. The highest BCUT2D eigenvalue weighted by Crippen LogP contribution is 2.30. The number of carbonyl (C=O) groups excluding carboxylic acids is 2. The van der Waals surface area contributed by atoms with Crippen molar-refractivity contribution in [3.8, 4) is 0 Å². The van der Waals surface area contributed by atoms with Crippen LogP contribution in [-0.4, -0.2) is 56.6 Å². The van der Waals surface area contributed by atoms with Crippen molar-refractivity contribution in [3.63, 3.8) is 0 Å². The number of rotatable bonds is 8. The summed E-state index contributed by atoms with van der Waals surface area (Å²) in [5.74, 6) is -0.247. The lowest BCUT2D eigenvalue weighted by atomic mass is 10.0. The Balaban J connectivity index is 1.66. The third-order valence-electron chi connectivity index (χ3n) is 5.81. The van der Waals surface area contributed by atoms with Gasteiger partial charge in [-0.2, -0.15) is 0 Å². The summed E-state index contributed by atoms with van der Waals surface area (Å²) < 4.78 is 19.5. The second-order valence-corrected chi connectivity index (χ2v) is 8.25. The quantitative estimate of drug-likeness (QED) is 0.370. The topological polar surface area (TPSA) is 104 Å². The molecule has 1 fully saturated rings. The first-order valence-corrected chi connectivity index (χ1v) is 11.4. The Morgan fingerprint density at radius 1 is 1.26 bits per heavy atom. The second-order valence-electron chi connectivity index (χ2n) is 8.25. The maximum Gasteiger partial charge on any atom is 0.251 e. The van der Waals surface area contributed by atoms with E-state index in [0.29, 0.717) is 65.1 Å². The number of hydrogen-bond acceptors (Lipinski definition) is 7. The molecule has 0 saturated carbocycles. The van der Waals surface area contributed by atoms with Crippen molar-refractivity contribution < 1.29 is 18.7 Å². The maximum atomic E-state index is 13.9. The van der Waals surface area contributed by atoms with Crippen LogP contribution in [0, 0.1) is 12.7 Å². The molecule has 182 valence electrons. The van der Waals surface area contributed by atoms with Gasteiger partial charge in [-0.05, 0) is 55.1 Å². The van der Waals surface area contributed by atoms with Crippen LogP contribution in [-0.2, 0) is 4.74 Å². The van der Waals surface area contributed by atoms with Gasteiger partial charge in [0.25, 0.3) is 5.91 Å². The number of ether oxygens (including phenoxy) is 1. The summed E-state index contributed by atoms with van der Waals surface area (Å²) in [6.45, 7) is 4.45. The largest absolute Gasteiger partial charge is 0.394 e. The lowest BCUT2D eigenvalue weighted by Crippen LogP contribution is -2.45. The van der Waals surface area contributed by atoms with Gasteiger partial charge in [0.15, 0.2) is 6.29 Å². The smallest absolute Gasteiger partial charge is 0.251 e. The molecular formula is C26H28FN5O3. The van der Waals surface area contributed by atoms with Gasteiger partial charge in [0, 0.05) is 54.4 Å². The number of anilines is 2. The number of aromatic nitrogens is 1. The molecule has 0 bridgehead atoms. The highest BCUT2D eigenvalue weighted by atomic mass is 19.1. The molecular weight excluding hydrogens is 449 g/mol. The Kier molecular flexibility index (Phi) is 7.69. The molecule has 1 aliphatic heterocycles. The van der Waals surface area contributed by atoms with E-state index in [1.54, 1.807) is 31.5 Å². The number of nitrogens with zero attached hydrogens (tertiary/aromatic N) is 1. The zero-order valence-corrected chi connectivity index (χ0v) is 19.7. The molecule has 0 radical (unpaired) electrons. The van der Waals surface area contributed by atoms with Gasteiger partial charge in [-0.15, -0.1) is 0 Å². The average molecular weight is 478 g/mol. The fourth-order valence-corrected chi connectivity index (χ4v) is 3.92. The summed E-state index contributed by atoms with van der Waals surface area (Å²) in [7, 11) is 1.74. The number of halogens is 1. The van der Waals surface area contributed by atoms with Crippen molar-refractivity contribution in [1.29, 1.82) is 0 Å². The molecule has 2 aromatic carbocycles. The molecule has 1 atom stereocenters. The molecule has 8 nitrogen and oxygen atoms in total. The van der Waals surface area contributed by atoms with Crippen LogP contribution in [0.4, 0.5) is 15.9 Å². The van der Waals surface area contributed by atoms with E-state index in [4.69, 9.17) is 4.74 Å². The maximum absolute atomic E-state index is 13.9. The Hall–Kier alpha value is -3.82. The minimum Gasteiger partial charge on any atom is -0.394 e. The van der Waals surface area contributed by atoms with Crippen LogP contribution in [0.15, 0.2) is 42.6 Å². The summed E-state index contributed by atoms with van der Waals surface area (Å²) in [6, 6.07) is 9.48. The molecule has 0 spiro atoms. The molecule has 1 aliphatic rings. The van der Waals surface area contributed by atoms with Gasteiger partial charge in [-0.3, -0.25) is 9.59 Å². The van der Waals surface area contributed by atoms with E-state index in [1.165, 1.54) is 18.2 Å². The number of morpholine rings is 1. The Bertz CT molecular complexity index is 1270. The highest BCUT2D eigenvalue weighted by Gasteiger charge is 2.17. The number of benzene rings is 2. The minimum absolute atomic E-state index is 0.0642. The summed E-state index contributed by atoms with van der Waals surface area (Å²) in [5, 5.41) is 12.8. The van der Waals surface area contributed by atoms with Crippen LogP contribution in [0.1, 0.15) is 31.8 Å². The number of aryl methyl sites for hydroxylation is 1. The van der Waals surface area contributed by atoms with Crippen LogP contribution < -0.4 is 21.3 Å². The fraction of sp³-hybridized carbons (Fsp3) is 0.269. The molecule has 2 heterocycles. The lowest BCUT2D eigenvalue weighted by Gasteiger charge is -2.23. The highest BCUT2D eigenvalue weighted by molar-refractivity contribution is 6.03. The zero-order valence-electron chi connectivity index (χ0n) is 19.7. The van der Waals surface area contributed by atoms with E-state index < -0.39 is 5.82 Å². The van der Waals surface area contributed by atoms with Crippen molar-refractivity contribution >= 4 is 40.7 Å². The molecule has 1 aromatic heterocycles. The molecule has 1 amide bonds. The van der Waals surface area contributed by atoms with E-state index in [2.05, 4.69) is 26.3 Å². The Morgan fingerprint density at radius 2 is 2.11 bits per heavy atom. The first-order valence-electron chi connectivity index (χ1n) is 11.4. The molecule has 0 aliphatic carbocycles. The standard InChI is InChI=1S/C26H28FN5O3/c1-16-3-4-17(26(34)30-14-19-13-29-9-10-35-19)11-24(16)32-25-20(7-8-28-2)22(15-33)21-12-18(27)5-6-23(21)31-25/h3-8,11-12,15,19,28-29H,9-10,13-14H2,1-2H3,(H,30,34)(H,31,32)/b8-7-. The summed E-state index contributed by atoms with van der Waals surface area (Å²) >= 11 is 0. The molecule has 3 aromatic rings. The molecule has 4 rings (SSSR count). The van der Waals surface area contributed by atoms with Gasteiger partial charge >= 0.3 is 0 Å². The molecule has 1 unspecified atom stereocenters. The normalized spacial score (nSPS) is 15.8. The predicted molar refractivity (Wildman–Crippen MR) is 135 cm³/mol.